The Bertz CT molecular complexity index is 579. The van der Waals surface area contributed by atoms with Crippen LogP contribution in [0.2, 0.25) is 0 Å². The molecule has 1 aromatic heterocycles. The molecule has 25 heavy (non-hydrogen) atoms. The lowest BCUT2D eigenvalue weighted by Gasteiger charge is -2.38. The maximum absolute atomic E-state index is 4.58. The van der Waals surface area contributed by atoms with Crippen LogP contribution in [0.25, 0.3) is 0 Å². The minimum Gasteiger partial charge on any atom is -0.356 e. The molecule has 3 fully saturated rings. The summed E-state index contributed by atoms with van der Waals surface area (Å²) in [6.07, 6.45) is 8.33. The average molecular weight is 361 g/mol. The van der Waals surface area contributed by atoms with E-state index in [2.05, 4.69) is 37.6 Å². The Morgan fingerprint density at radius 2 is 2.24 bits per heavy atom. The van der Waals surface area contributed by atoms with E-state index in [0.717, 1.165) is 25.0 Å². The van der Waals surface area contributed by atoms with Gasteiger partial charge in [0, 0.05) is 44.6 Å². The van der Waals surface area contributed by atoms with Crippen molar-refractivity contribution in [1.82, 2.24) is 15.1 Å². The molecule has 138 valence electrons. The van der Waals surface area contributed by atoms with E-state index in [1.807, 2.05) is 18.4 Å². The average Bonchev–Trinajstić information content (AvgIpc) is 3.25. The van der Waals surface area contributed by atoms with Crippen LogP contribution in [0, 0.1) is 11.3 Å². The molecule has 1 unspecified atom stereocenters. The summed E-state index contributed by atoms with van der Waals surface area (Å²) in [6.45, 7) is 7.06. The van der Waals surface area contributed by atoms with Crippen LogP contribution in [-0.4, -0.2) is 55.5 Å². The highest BCUT2D eigenvalue weighted by molar-refractivity contribution is 7.09. The van der Waals surface area contributed by atoms with Crippen LogP contribution in [0.3, 0.4) is 0 Å². The first-order chi connectivity index (χ1) is 12.3. The van der Waals surface area contributed by atoms with Crippen molar-refractivity contribution in [3.63, 3.8) is 0 Å². The molecule has 1 saturated carbocycles. The number of rotatable bonds is 4. The van der Waals surface area contributed by atoms with Gasteiger partial charge < -0.3 is 10.2 Å². The number of aliphatic imine (C=N–C) groups is 1. The van der Waals surface area contributed by atoms with E-state index >= 15 is 0 Å². The van der Waals surface area contributed by atoms with Crippen LogP contribution in [0.4, 0.5) is 0 Å². The van der Waals surface area contributed by atoms with Crippen molar-refractivity contribution in [2.75, 3.05) is 39.8 Å². The number of likely N-dealkylation sites (tertiary alicyclic amines) is 2. The number of guanidine groups is 1. The Labute approximate surface area is 156 Å². The fourth-order valence-corrected chi connectivity index (χ4v) is 5.60. The molecule has 4 nitrogen and oxygen atoms in total. The summed E-state index contributed by atoms with van der Waals surface area (Å²) in [5, 5.41) is 5.89. The van der Waals surface area contributed by atoms with Gasteiger partial charge in [0.1, 0.15) is 0 Å². The van der Waals surface area contributed by atoms with E-state index in [1.54, 1.807) is 0 Å². The van der Waals surface area contributed by atoms with E-state index < -0.39 is 0 Å². The second-order valence-corrected chi connectivity index (χ2v) is 9.31. The molecule has 2 saturated heterocycles. The lowest BCUT2D eigenvalue weighted by atomic mass is 9.68. The zero-order valence-electron chi connectivity index (χ0n) is 15.5. The van der Waals surface area contributed by atoms with Gasteiger partial charge in [-0.3, -0.25) is 9.89 Å². The van der Waals surface area contributed by atoms with Crippen molar-refractivity contribution in [3.8, 4) is 0 Å². The molecule has 1 spiro atoms. The largest absolute Gasteiger partial charge is 0.356 e. The molecule has 4 rings (SSSR count). The van der Waals surface area contributed by atoms with Crippen molar-refractivity contribution in [2.45, 2.75) is 45.1 Å². The fourth-order valence-electron chi connectivity index (χ4n) is 4.85. The molecule has 1 aliphatic carbocycles. The normalized spacial score (nSPS) is 26.8. The predicted octanol–water partition coefficient (Wildman–Crippen LogP) is 3.41. The summed E-state index contributed by atoms with van der Waals surface area (Å²) in [6, 6.07) is 4.43. The number of thiophene rings is 1. The first-order valence-corrected chi connectivity index (χ1v) is 10.8. The first kappa shape index (κ1) is 17.3. The smallest absolute Gasteiger partial charge is 0.193 e. The first-order valence-electron chi connectivity index (χ1n) is 9.97. The van der Waals surface area contributed by atoms with E-state index in [4.69, 9.17) is 0 Å². The molecule has 0 aromatic carbocycles. The second-order valence-electron chi connectivity index (χ2n) is 8.28. The molecule has 0 bridgehead atoms. The Morgan fingerprint density at radius 1 is 1.32 bits per heavy atom. The van der Waals surface area contributed by atoms with E-state index in [-0.39, 0.29) is 0 Å². The summed E-state index contributed by atoms with van der Waals surface area (Å²) in [5.74, 6) is 1.88. The highest BCUT2D eigenvalue weighted by Gasteiger charge is 2.43. The molecule has 3 heterocycles. The van der Waals surface area contributed by atoms with E-state index in [1.165, 1.54) is 69.6 Å². The Morgan fingerprint density at radius 3 is 2.92 bits per heavy atom. The molecule has 1 N–H and O–H groups in total. The standard InChI is InChI=1S/C20H32N4S/c1-21-19(24-11-9-20(16-24)7-4-8-20)22-13-17-5-2-10-23(14-17)15-18-6-3-12-25-18/h3,6,12,17H,2,4-5,7-11,13-16H2,1H3,(H,21,22). The number of piperidine rings is 1. The summed E-state index contributed by atoms with van der Waals surface area (Å²) >= 11 is 1.88. The predicted molar refractivity (Wildman–Crippen MR) is 106 cm³/mol. The van der Waals surface area contributed by atoms with Gasteiger partial charge >= 0.3 is 0 Å². The van der Waals surface area contributed by atoms with Gasteiger partial charge in [0.15, 0.2) is 5.96 Å². The topological polar surface area (TPSA) is 30.9 Å². The van der Waals surface area contributed by atoms with Gasteiger partial charge in [-0.2, -0.15) is 0 Å². The van der Waals surface area contributed by atoms with Crippen molar-refractivity contribution in [3.05, 3.63) is 22.4 Å². The SMILES string of the molecule is CN=C(NCC1CCCN(Cc2cccs2)C1)N1CCC2(CCC2)C1. The lowest BCUT2D eigenvalue weighted by molar-refractivity contribution is 0.151. The third kappa shape index (κ3) is 4.03. The number of nitrogens with one attached hydrogen (secondary N) is 1. The molecular weight excluding hydrogens is 328 g/mol. The van der Waals surface area contributed by atoms with Crippen LogP contribution < -0.4 is 5.32 Å². The van der Waals surface area contributed by atoms with Crippen LogP contribution in [-0.2, 0) is 6.54 Å². The summed E-state index contributed by atoms with van der Waals surface area (Å²) in [7, 11) is 1.94. The summed E-state index contributed by atoms with van der Waals surface area (Å²) in [5.41, 5.74) is 0.639. The molecular formula is C20H32N4S. The molecule has 2 aliphatic heterocycles. The van der Waals surface area contributed by atoms with Crippen molar-refractivity contribution in [2.24, 2.45) is 16.3 Å². The van der Waals surface area contributed by atoms with Gasteiger partial charge in [-0.25, -0.2) is 0 Å². The summed E-state index contributed by atoms with van der Waals surface area (Å²) in [4.78, 5) is 11.2. The Hall–Kier alpha value is -1.07. The molecule has 1 atom stereocenters. The fraction of sp³-hybridized carbons (Fsp3) is 0.750. The Kier molecular flexibility index (Phi) is 5.32. The highest BCUT2D eigenvalue weighted by atomic mass is 32.1. The maximum atomic E-state index is 4.58. The van der Waals surface area contributed by atoms with Crippen molar-refractivity contribution < 1.29 is 0 Å². The number of hydrogen-bond acceptors (Lipinski definition) is 3. The third-order valence-corrected chi connectivity index (χ3v) is 7.34. The zero-order chi connectivity index (χ0) is 17.1. The monoisotopic (exact) mass is 360 g/mol. The quantitative estimate of drug-likeness (QED) is 0.659. The van der Waals surface area contributed by atoms with Crippen LogP contribution in [0.1, 0.15) is 43.4 Å². The van der Waals surface area contributed by atoms with Crippen LogP contribution >= 0.6 is 11.3 Å². The minimum atomic E-state index is 0.639. The van der Waals surface area contributed by atoms with E-state index in [0.29, 0.717) is 5.41 Å². The second kappa shape index (κ2) is 7.67. The van der Waals surface area contributed by atoms with Gasteiger partial charge in [0.05, 0.1) is 0 Å². The van der Waals surface area contributed by atoms with Gasteiger partial charge in [0.2, 0.25) is 0 Å². The molecule has 3 aliphatic rings. The van der Waals surface area contributed by atoms with E-state index in [9.17, 15) is 0 Å². The maximum Gasteiger partial charge on any atom is 0.193 e. The molecule has 0 radical (unpaired) electrons. The molecule has 1 aromatic rings. The third-order valence-electron chi connectivity index (χ3n) is 6.48. The number of hydrogen-bond donors (Lipinski definition) is 1. The van der Waals surface area contributed by atoms with Crippen molar-refractivity contribution >= 4 is 17.3 Å². The number of nitrogens with zero attached hydrogens (tertiary/aromatic N) is 3. The zero-order valence-corrected chi connectivity index (χ0v) is 16.4. The van der Waals surface area contributed by atoms with Crippen LogP contribution in [0.5, 0.6) is 0 Å². The van der Waals surface area contributed by atoms with Crippen molar-refractivity contribution in [1.29, 1.82) is 0 Å². The Balaban J connectivity index is 1.25. The highest BCUT2D eigenvalue weighted by Crippen LogP contribution is 2.47. The summed E-state index contributed by atoms with van der Waals surface area (Å²) < 4.78 is 0. The van der Waals surface area contributed by atoms with Gasteiger partial charge in [0.25, 0.3) is 0 Å². The molecule has 5 heteroatoms. The van der Waals surface area contributed by atoms with Crippen LogP contribution in [0.15, 0.2) is 22.5 Å². The molecule has 0 amide bonds. The van der Waals surface area contributed by atoms with Gasteiger partial charge in [-0.05, 0) is 61.4 Å². The lowest BCUT2D eigenvalue weighted by Crippen LogP contribution is -2.46. The van der Waals surface area contributed by atoms with Gasteiger partial charge in [-0.1, -0.05) is 12.5 Å². The minimum absolute atomic E-state index is 0.639. The van der Waals surface area contributed by atoms with Gasteiger partial charge in [-0.15, -0.1) is 11.3 Å².